The smallest absolute Gasteiger partial charge is 0.233 e. The highest BCUT2D eigenvalue weighted by atomic mass is 35.5. The van der Waals surface area contributed by atoms with E-state index in [4.69, 9.17) is 10.5 Å². The Labute approximate surface area is 155 Å². The average molecular weight is 371 g/mol. The Morgan fingerprint density at radius 1 is 1.40 bits per heavy atom. The minimum absolute atomic E-state index is 0. The van der Waals surface area contributed by atoms with Crippen molar-refractivity contribution < 1.29 is 13.9 Å². The van der Waals surface area contributed by atoms with Gasteiger partial charge in [-0.1, -0.05) is 12.1 Å². The number of benzene rings is 1. The van der Waals surface area contributed by atoms with Gasteiger partial charge in [-0.2, -0.15) is 0 Å². The van der Waals surface area contributed by atoms with Crippen molar-refractivity contribution >= 4 is 18.3 Å². The van der Waals surface area contributed by atoms with Crippen LogP contribution in [0.25, 0.3) is 0 Å². The molecule has 25 heavy (non-hydrogen) atoms. The Balaban J connectivity index is 0.00000225. The third kappa shape index (κ3) is 4.15. The molecule has 0 aliphatic carbocycles. The van der Waals surface area contributed by atoms with Gasteiger partial charge in [0, 0.05) is 32.3 Å². The van der Waals surface area contributed by atoms with E-state index in [-0.39, 0.29) is 30.2 Å². The van der Waals surface area contributed by atoms with Crippen molar-refractivity contribution in [3.05, 3.63) is 35.6 Å². The number of ether oxygens (including phenoxy) is 1. The molecule has 2 aliphatic heterocycles. The molecule has 2 unspecified atom stereocenters. The number of likely N-dealkylation sites (tertiary alicyclic amines) is 1. The highest BCUT2D eigenvalue weighted by Crippen LogP contribution is 2.38. The molecule has 3 rings (SSSR count). The minimum atomic E-state index is -0.667. The van der Waals surface area contributed by atoms with Crippen LogP contribution in [0.2, 0.25) is 0 Å². The second-order valence-electron chi connectivity index (χ2n) is 7.22. The first-order chi connectivity index (χ1) is 11.5. The largest absolute Gasteiger partial charge is 0.381 e. The van der Waals surface area contributed by atoms with Gasteiger partial charge in [0.2, 0.25) is 5.91 Å². The SMILES string of the molecule is CC(N)C1CCCN(C(=O)C2(c3cccc(F)c3)CCOCC2)C1.Cl. The number of amides is 1. The Kier molecular flexibility index (Phi) is 6.83. The summed E-state index contributed by atoms with van der Waals surface area (Å²) in [5.41, 5.74) is 6.17. The molecular weight excluding hydrogens is 343 g/mol. The second kappa shape index (κ2) is 8.47. The van der Waals surface area contributed by atoms with Crippen LogP contribution in [-0.2, 0) is 14.9 Å². The molecule has 1 amide bonds. The molecule has 2 atom stereocenters. The molecule has 1 aromatic carbocycles. The molecule has 140 valence electrons. The summed E-state index contributed by atoms with van der Waals surface area (Å²) in [5, 5.41) is 0. The molecule has 0 bridgehead atoms. The van der Waals surface area contributed by atoms with Crippen LogP contribution in [-0.4, -0.2) is 43.2 Å². The molecule has 2 aliphatic rings. The van der Waals surface area contributed by atoms with E-state index in [1.807, 2.05) is 17.9 Å². The van der Waals surface area contributed by atoms with E-state index in [9.17, 15) is 9.18 Å². The van der Waals surface area contributed by atoms with Gasteiger partial charge in [-0.05, 0) is 56.2 Å². The Hall–Kier alpha value is -1.17. The van der Waals surface area contributed by atoms with Crippen LogP contribution >= 0.6 is 12.4 Å². The van der Waals surface area contributed by atoms with Gasteiger partial charge in [0.25, 0.3) is 0 Å². The molecule has 1 aromatic rings. The predicted octanol–water partition coefficient (Wildman–Crippen LogP) is 2.88. The van der Waals surface area contributed by atoms with Crippen molar-refractivity contribution in [3.63, 3.8) is 0 Å². The molecule has 0 saturated carbocycles. The van der Waals surface area contributed by atoms with Crippen molar-refractivity contribution in [1.82, 2.24) is 4.90 Å². The van der Waals surface area contributed by atoms with Crippen molar-refractivity contribution in [3.8, 4) is 0 Å². The molecule has 2 saturated heterocycles. The maximum absolute atomic E-state index is 13.8. The number of hydrogen-bond donors (Lipinski definition) is 1. The van der Waals surface area contributed by atoms with Crippen LogP contribution in [0, 0.1) is 11.7 Å². The lowest BCUT2D eigenvalue weighted by Gasteiger charge is -2.43. The Morgan fingerprint density at radius 2 is 2.12 bits per heavy atom. The lowest BCUT2D eigenvalue weighted by atomic mass is 9.72. The first kappa shape index (κ1) is 20.1. The summed E-state index contributed by atoms with van der Waals surface area (Å²) >= 11 is 0. The fourth-order valence-corrected chi connectivity index (χ4v) is 4.06. The highest BCUT2D eigenvalue weighted by Gasteiger charge is 2.45. The van der Waals surface area contributed by atoms with E-state index in [0.29, 0.717) is 38.5 Å². The van der Waals surface area contributed by atoms with Crippen LogP contribution < -0.4 is 5.73 Å². The van der Waals surface area contributed by atoms with Gasteiger partial charge in [-0.3, -0.25) is 4.79 Å². The molecule has 6 heteroatoms. The standard InChI is InChI=1S/C19H27FN2O2.ClH/c1-14(21)15-4-3-9-22(13-15)18(23)19(7-10-24-11-8-19)16-5-2-6-17(20)12-16;/h2,5-6,12,14-15H,3-4,7-11,13,21H2,1H3;1H. The third-order valence-electron chi connectivity index (χ3n) is 5.62. The molecule has 2 fully saturated rings. The summed E-state index contributed by atoms with van der Waals surface area (Å²) in [4.78, 5) is 15.4. The maximum Gasteiger partial charge on any atom is 0.233 e. The molecule has 0 aromatic heterocycles. The summed E-state index contributed by atoms with van der Waals surface area (Å²) in [6.07, 6.45) is 3.26. The quantitative estimate of drug-likeness (QED) is 0.890. The van der Waals surface area contributed by atoms with Crippen molar-refractivity contribution in [1.29, 1.82) is 0 Å². The van der Waals surface area contributed by atoms with Crippen LogP contribution in [0.1, 0.15) is 38.2 Å². The van der Waals surface area contributed by atoms with Crippen molar-refractivity contribution in [2.45, 2.75) is 44.1 Å². The monoisotopic (exact) mass is 370 g/mol. The van der Waals surface area contributed by atoms with Gasteiger partial charge in [0.15, 0.2) is 0 Å². The molecular formula is C19H28ClFN2O2. The summed E-state index contributed by atoms with van der Waals surface area (Å²) in [6.45, 7) is 4.55. The molecule has 0 radical (unpaired) electrons. The lowest BCUT2D eigenvalue weighted by Crippen LogP contribution is -2.54. The number of halogens is 2. The summed E-state index contributed by atoms with van der Waals surface area (Å²) in [7, 11) is 0. The fourth-order valence-electron chi connectivity index (χ4n) is 4.06. The van der Waals surface area contributed by atoms with Gasteiger partial charge < -0.3 is 15.4 Å². The highest BCUT2D eigenvalue weighted by molar-refractivity contribution is 5.88. The van der Waals surface area contributed by atoms with E-state index in [2.05, 4.69) is 0 Å². The zero-order valence-corrected chi connectivity index (χ0v) is 15.6. The number of carbonyl (C=O) groups excluding carboxylic acids is 1. The lowest BCUT2D eigenvalue weighted by molar-refractivity contribution is -0.143. The molecule has 2 N–H and O–H groups in total. The van der Waals surface area contributed by atoms with Gasteiger partial charge >= 0.3 is 0 Å². The van der Waals surface area contributed by atoms with Crippen molar-refractivity contribution in [2.75, 3.05) is 26.3 Å². The van der Waals surface area contributed by atoms with E-state index in [0.717, 1.165) is 24.9 Å². The Bertz CT molecular complexity index is 591. The van der Waals surface area contributed by atoms with Gasteiger partial charge in [-0.15, -0.1) is 12.4 Å². The summed E-state index contributed by atoms with van der Waals surface area (Å²) in [5.74, 6) is 0.159. The average Bonchev–Trinajstić information content (AvgIpc) is 2.61. The van der Waals surface area contributed by atoms with E-state index < -0.39 is 5.41 Å². The van der Waals surface area contributed by atoms with E-state index >= 15 is 0 Å². The predicted molar refractivity (Wildman–Crippen MR) is 98.3 cm³/mol. The second-order valence-corrected chi connectivity index (χ2v) is 7.22. The van der Waals surface area contributed by atoms with Crippen LogP contribution in [0.5, 0.6) is 0 Å². The van der Waals surface area contributed by atoms with Crippen LogP contribution in [0.3, 0.4) is 0 Å². The van der Waals surface area contributed by atoms with Gasteiger partial charge in [0.05, 0.1) is 5.41 Å². The zero-order valence-electron chi connectivity index (χ0n) is 14.7. The maximum atomic E-state index is 13.8. The van der Waals surface area contributed by atoms with Gasteiger partial charge in [0.1, 0.15) is 5.82 Å². The van der Waals surface area contributed by atoms with Gasteiger partial charge in [-0.25, -0.2) is 4.39 Å². The third-order valence-corrected chi connectivity index (χ3v) is 5.62. The number of hydrogen-bond acceptors (Lipinski definition) is 3. The molecule has 2 heterocycles. The number of nitrogens with two attached hydrogens (primary N) is 1. The first-order valence-corrected chi connectivity index (χ1v) is 8.92. The fraction of sp³-hybridized carbons (Fsp3) is 0.632. The minimum Gasteiger partial charge on any atom is -0.381 e. The molecule has 0 spiro atoms. The summed E-state index contributed by atoms with van der Waals surface area (Å²) < 4.78 is 19.3. The van der Waals surface area contributed by atoms with Crippen LogP contribution in [0.15, 0.2) is 24.3 Å². The summed E-state index contributed by atoms with van der Waals surface area (Å²) in [6, 6.07) is 6.58. The Morgan fingerprint density at radius 3 is 2.76 bits per heavy atom. The van der Waals surface area contributed by atoms with E-state index in [1.165, 1.54) is 12.1 Å². The number of rotatable bonds is 3. The topological polar surface area (TPSA) is 55.6 Å². The number of carbonyl (C=O) groups is 1. The number of nitrogens with zero attached hydrogens (tertiary/aromatic N) is 1. The van der Waals surface area contributed by atoms with Crippen LogP contribution in [0.4, 0.5) is 4.39 Å². The first-order valence-electron chi connectivity index (χ1n) is 8.92. The number of piperidine rings is 1. The van der Waals surface area contributed by atoms with E-state index in [1.54, 1.807) is 6.07 Å². The zero-order chi connectivity index (χ0) is 17.2. The normalized spacial score (nSPS) is 24.3. The van der Waals surface area contributed by atoms with Crippen molar-refractivity contribution in [2.24, 2.45) is 11.7 Å². The molecule has 4 nitrogen and oxygen atoms in total.